The Kier molecular flexibility index (Phi) is 4.23. The number of hydrogen-bond acceptors (Lipinski definition) is 2. The second-order valence-corrected chi connectivity index (χ2v) is 5.13. The molecule has 0 aliphatic heterocycles. The highest BCUT2D eigenvalue weighted by atomic mass is 16.3. The molecule has 1 unspecified atom stereocenters. The van der Waals surface area contributed by atoms with Crippen molar-refractivity contribution < 1.29 is 5.11 Å². The van der Waals surface area contributed by atoms with Gasteiger partial charge in [0.25, 0.3) is 0 Å². The summed E-state index contributed by atoms with van der Waals surface area (Å²) in [5, 5.41) is 12.8. The Balaban J connectivity index is 2.01. The Bertz CT molecular complexity index is 546. The Morgan fingerprint density at radius 2 is 1.74 bits per heavy atom. The number of phenolic OH excluding ortho intramolecular Hbond substituents is 1. The van der Waals surface area contributed by atoms with E-state index in [1.807, 2.05) is 12.1 Å². The lowest BCUT2D eigenvalue weighted by atomic mass is 10.00. The van der Waals surface area contributed by atoms with Crippen LogP contribution in [-0.4, -0.2) is 5.11 Å². The first-order chi connectivity index (χ1) is 9.06. The van der Waals surface area contributed by atoms with Gasteiger partial charge in [-0.05, 0) is 49.6 Å². The van der Waals surface area contributed by atoms with E-state index in [2.05, 4.69) is 44.3 Å². The van der Waals surface area contributed by atoms with Crippen molar-refractivity contribution in [2.45, 2.75) is 33.4 Å². The first-order valence-electron chi connectivity index (χ1n) is 6.64. The maximum Gasteiger partial charge on any atom is 0.115 e. The van der Waals surface area contributed by atoms with Crippen molar-refractivity contribution in [3.8, 4) is 5.75 Å². The Morgan fingerprint density at radius 3 is 2.37 bits per heavy atom. The molecule has 0 saturated carbocycles. The average Bonchev–Trinajstić information content (AvgIpc) is 2.37. The zero-order chi connectivity index (χ0) is 13.8. The molecule has 0 aromatic heterocycles. The number of aromatic hydroxyl groups is 1. The van der Waals surface area contributed by atoms with Crippen LogP contribution in [0.5, 0.6) is 5.75 Å². The summed E-state index contributed by atoms with van der Waals surface area (Å²) in [6.45, 7) is 7.25. The number of nitrogens with one attached hydrogen (secondary N) is 1. The van der Waals surface area contributed by atoms with Crippen molar-refractivity contribution in [2.75, 3.05) is 0 Å². The second kappa shape index (κ2) is 5.89. The molecule has 2 rings (SSSR count). The van der Waals surface area contributed by atoms with Crippen LogP contribution in [-0.2, 0) is 6.54 Å². The van der Waals surface area contributed by atoms with Crippen LogP contribution >= 0.6 is 0 Å². The molecule has 2 N–H and O–H groups in total. The van der Waals surface area contributed by atoms with E-state index in [0.717, 1.165) is 6.54 Å². The van der Waals surface area contributed by atoms with Crippen molar-refractivity contribution in [2.24, 2.45) is 0 Å². The predicted octanol–water partition coefficient (Wildman–Crippen LogP) is 3.86. The summed E-state index contributed by atoms with van der Waals surface area (Å²) in [5.74, 6) is 0.311. The van der Waals surface area contributed by atoms with Crippen molar-refractivity contribution in [3.05, 3.63) is 64.7 Å². The quantitative estimate of drug-likeness (QED) is 0.869. The summed E-state index contributed by atoms with van der Waals surface area (Å²) in [4.78, 5) is 0. The number of benzene rings is 2. The molecule has 0 fully saturated rings. The largest absolute Gasteiger partial charge is 0.508 e. The van der Waals surface area contributed by atoms with E-state index in [1.165, 1.54) is 22.3 Å². The summed E-state index contributed by atoms with van der Waals surface area (Å²) in [7, 11) is 0. The maximum atomic E-state index is 9.25. The molecule has 100 valence electrons. The topological polar surface area (TPSA) is 32.3 Å². The van der Waals surface area contributed by atoms with Crippen LogP contribution in [0.1, 0.15) is 35.2 Å². The zero-order valence-corrected chi connectivity index (χ0v) is 11.8. The number of phenols is 1. The van der Waals surface area contributed by atoms with E-state index in [-0.39, 0.29) is 0 Å². The van der Waals surface area contributed by atoms with Gasteiger partial charge in [0, 0.05) is 12.6 Å². The fourth-order valence-corrected chi connectivity index (χ4v) is 2.31. The molecule has 0 saturated heterocycles. The smallest absolute Gasteiger partial charge is 0.115 e. The van der Waals surface area contributed by atoms with Crippen LogP contribution in [0.2, 0.25) is 0 Å². The summed E-state index contributed by atoms with van der Waals surface area (Å²) < 4.78 is 0. The standard InChI is InChI=1S/C17H21NO/c1-12-4-9-17(13(2)10-12)14(3)18-11-15-5-7-16(19)8-6-15/h4-10,14,18-19H,11H2,1-3H3. The van der Waals surface area contributed by atoms with E-state index in [9.17, 15) is 5.11 Å². The summed E-state index contributed by atoms with van der Waals surface area (Å²) in [6, 6.07) is 14.2. The van der Waals surface area contributed by atoms with Gasteiger partial charge in [-0.1, -0.05) is 35.9 Å². The Labute approximate surface area is 115 Å². The van der Waals surface area contributed by atoms with Crippen molar-refractivity contribution in [3.63, 3.8) is 0 Å². The van der Waals surface area contributed by atoms with Gasteiger partial charge in [-0.3, -0.25) is 0 Å². The van der Waals surface area contributed by atoms with Crippen LogP contribution in [0, 0.1) is 13.8 Å². The van der Waals surface area contributed by atoms with Gasteiger partial charge in [-0.25, -0.2) is 0 Å². The number of hydrogen-bond donors (Lipinski definition) is 2. The van der Waals surface area contributed by atoms with E-state index < -0.39 is 0 Å². The van der Waals surface area contributed by atoms with E-state index in [4.69, 9.17) is 0 Å². The van der Waals surface area contributed by atoms with E-state index in [1.54, 1.807) is 12.1 Å². The van der Waals surface area contributed by atoms with Crippen LogP contribution in [0.4, 0.5) is 0 Å². The molecule has 1 atom stereocenters. The van der Waals surface area contributed by atoms with E-state index in [0.29, 0.717) is 11.8 Å². The third-order valence-electron chi connectivity index (χ3n) is 3.44. The lowest BCUT2D eigenvalue weighted by molar-refractivity contribution is 0.474. The number of rotatable bonds is 4. The van der Waals surface area contributed by atoms with Gasteiger partial charge < -0.3 is 10.4 Å². The van der Waals surface area contributed by atoms with Gasteiger partial charge in [-0.2, -0.15) is 0 Å². The van der Waals surface area contributed by atoms with Gasteiger partial charge in [0.05, 0.1) is 0 Å². The normalized spacial score (nSPS) is 12.4. The van der Waals surface area contributed by atoms with E-state index >= 15 is 0 Å². The Hall–Kier alpha value is -1.80. The molecule has 0 radical (unpaired) electrons. The van der Waals surface area contributed by atoms with Gasteiger partial charge in [0.15, 0.2) is 0 Å². The fourth-order valence-electron chi connectivity index (χ4n) is 2.31. The molecule has 0 spiro atoms. The highest BCUT2D eigenvalue weighted by molar-refractivity contribution is 5.32. The highest BCUT2D eigenvalue weighted by Crippen LogP contribution is 2.19. The van der Waals surface area contributed by atoms with Gasteiger partial charge in [0.2, 0.25) is 0 Å². The molecular formula is C17H21NO. The average molecular weight is 255 g/mol. The molecule has 2 aromatic rings. The third-order valence-corrected chi connectivity index (χ3v) is 3.44. The minimum atomic E-state index is 0.311. The van der Waals surface area contributed by atoms with Gasteiger partial charge in [0.1, 0.15) is 5.75 Å². The van der Waals surface area contributed by atoms with Crippen LogP contribution in [0.3, 0.4) is 0 Å². The number of aryl methyl sites for hydroxylation is 2. The molecular weight excluding hydrogens is 234 g/mol. The third kappa shape index (κ3) is 3.58. The molecule has 0 bridgehead atoms. The fraction of sp³-hybridized carbons (Fsp3) is 0.294. The molecule has 2 aromatic carbocycles. The SMILES string of the molecule is Cc1ccc(C(C)NCc2ccc(O)cc2)c(C)c1. The van der Waals surface area contributed by atoms with Crippen LogP contribution in [0.15, 0.2) is 42.5 Å². The molecule has 2 heteroatoms. The Morgan fingerprint density at radius 1 is 1.05 bits per heavy atom. The molecule has 19 heavy (non-hydrogen) atoms. The van der Waals surface area contributed by atoms with Crippen LogP contribution < -0.4 is 5.32 Å². The lowest BCUT2D eigenvalue weighted by Crippen LogP contribution is -2.18. The lowest BCUT2D eigenvalue weighted by Gasteiger charge is -2.17. The van der Waals surface area contributed by atoms with Crippen LogP contribution in [0.25, 0.3) is 0 Å². The molecule has 0 heterocycles. The minimum Gasteiger partial charge on any atom is -0.508 e. The van der Waals surface area contributed by atoms with Crippen molar-refractivity contribution >= 4 is 0 Å². The second-order valence-electron chi connectivity index (χ2n) is 5.13. The maximum absolute atomic E-state index is 9.25. The van der Waals surface area contributed by atoms with Crippen molar-refractivity contribution in [1.29, 1.82) is 0 Å². The molecule has 0 amide bonds. The molecule has 0 aliphatic rings. The highest BCUT2D eigenvalue weighted by Gasteiger charge is 2.07. The summed E-state index contributed by atoms with van der Waals surface area (Å²) in [5.41, 5.74) is 5.14. The molecule has 0 aliphatic carbocycles. The zero-order valence-electron chi connectivity index (χ0n) is 11.8. The molecule has 2 nitrogen and oxygen atoms in total. The summed E-state index contributed by atoms with van der Waals surface area (Å²) in [6.07, 6.45) is 0. The first-order valence-corrected chi connectivity index (χ1v) is 6.64. The predicted molar refractivity (Wildman–Crippen MR) is 79.3 cm³/mol. The van der Waals surface area contributed by atoms with Gasteiger partial charge >= 0.3 is 0 Å². The first kappa shape index (κ1) is 13.6. The minimum absolute atomic E-state index is 0.311. The monoisotopic (exact) mass is 255 g/mol. The summed E-state index contributed by atoms with van der Waals surface area (Å²) >= 11 is 0. The van der Waals surface area contributed by atoms with Gasteiger partial charge in [-0.15, -0.1) is 0 Å². The van der Waals surface area contributed by atoms with Crippen molar-refractivity contribution in [1.82, 2.24) is 5.32 Å².